The summed E-state index contributed by atoms with van der Waals surface area (Å²) in [5.41, 5.74) is 2.46. The zero-order valence-electron chi connectivity index (χ0n) is 15.6. The fraction of sp³-hybridized carbons (Fsp3) is 0.273. The fourth-order valence-corrected chi connectivity index (χ4v) is 3.25. The Morgan fingerprint density at radius 2 is 1.78 bits per heavy atom. The van der Waals surface area contributed by atoms with E-state index in [0.29, 0.717) is 5.56 Å². The molecular formula is C22H24N2O3. The zero-order chi connectivity index (χ0) is 19.2. The Hall–Kier alpha value is -3.08. The second-order valence-electron chi connectivity index (χ2n) is 6.57. The largest absolute Gasteiger partial charge is 0.452 e. The van der Waals surface area contributed by atoms with Crippen LogP contribution in [0.15, 0.2) is 60.8 Å². The molecule has 5 nitrogen and oxygen atoms in total. The lowest BCUT2D eigenvalue weighted by Gasteiger charge is -2.18. The number of fused-ring (bicyclic) bond motifs is 1. The van der Waals surface area contributed by atoms with Gasteiger partial charge in [0.15, 0.2) is 6.61 Å². The van der Waals surface area contributed by atoms with Gasteiger partial charge >= 0.3 is 5.97 Å². The van der Waals surface area contributed by atoms with Crippen molar-refractivity contribution in [2.24, 2.45) is 7.05 Å². The third-order valence-electron chi connectivity index (χ3n) is 4.57. The van der Waals surface area contributed by atoms with E-state index in [9.17, 15) is 9.59 Å². The number of amides is 1. The maximum atomic E-state index is 12.4. The zero-order valence-corrected chi connectivity index (χ0v) is 15.6. The average molecular weight is 364 g/mol. The first-order valence-corrected chi connectivity index (χ1v) is 9.15. The minimum atomic E-state index is -0.492. The van der Waals surface area contributed by atoms with E-state index in [2.05, 4.69) is 12.2 Å². The van der Waals surface area contributed by atoms with Crippen molar-refractivity contribution in [2.75, 3.05) is 6.61 Å². The number of ether oxygens (including phenoxy) is 1. The second-order valence-corrected chi connectivity index (χ2v) is 6.57. The lowest BCUT2D eigenvalue weighted by molar-refractivity contribution is -0.125. The summed E-state index contributed by atoms with van der Waals surface area (Å²) in [6.07, 6.45) is 3.50. The standard InChI is InChI=1S/C22H24N2O3/c1-3-9-19(16-10-5-4-6-11-16)23-21(25)15-27-22(26)18-14-24(2)20-13-8-7-12-17(18)20/h4-8,10-14,19H,3,9,15H2,1-2H3,(H,23,25). The summed E-state index contributed by atoms with van der Waals surface area (Å²) in [6.45, 7) is 1.78. The van der Waals surface area contributed by atoms with Crippen LogP contribution in [0.1, 0.15) is 41.7 Å². The summed E-state index contributed by atoms with van der Waals surface area (Å²) in [5, 5.41) is 3.78. The molecular weight excluding hydrogens is 340 g/mol. The van der Waals surface area contributed by atoms with Crippen LogP contribution in [-0.2, 0) is 16.6 Å². The first-order valence-electron chi connectivity index (χ1n) is 9.15. The van der Waals surface area contributed by atoms with Crippen LogP contribution in [-0.4, -0.2) is 23.1 Å². The summed E-state index contributed by atoms with van der Waals surface area (Å²) in [6, 6.07) is 17.3. The Balaban J connectivity index is 1.63. The predicted octanol–water partition coefficient (Wildman–Crippen LogP) is 3.99. The molecule has 0 bridgehead atoms. The average Bonchev–Trinajstić information content (AvgIpc) is 3.03. The van der Waals surface area contributed by atoms with Crippen LogP contribution < -0.4 is 5.32 Å². The molecule has 0 aliphatic rings. The van der Waals surface area contributed by atoms with E-state index < -0.39 is 5.97 Å². The molecule has 0 aliphatic carbocycles. The van der Waals surface area contributed by atoms with Crippen LogP contribution in [0, 0.1) is 0 Å². The van der Waals surface area contributed by atoms with Crippen LogP contribution >= 0.6 is 0 Å². The summed E-state index contributed by atoms with van der Waals surface area (Å²) in [7, 11) is 1.88. The van der Waals surface area contributed by atoms with Crippen LogP contribution in [0.2, 0.25) is 0 Å². The molecule has 27 heavy (non-hydrogen) atoms. The van der Waals surface area contributed by atoms with Gasteiger partial charge in [-0.1, -0.05) is 61.9 Å². The smallest absolute Gasteiger partial charge is 0.340 e. The van der Waals surface area contributed by atoms with Gasteiger partial charge in [0.05, 0.1) is 11.6 Å². The Morgan fingerprint density at radius 3 is 2.52 bits per heavy atom. The van der Waals surface area contributed by atoms with Crippen molar-refractivity contribution in [3.05, 3.63) is 71.9 Å². The monoisotopic (exact) mass is 364 g/mol. The van der Waals surface area contributed by atoms with Gasteiger partial charge < -0.3 is 14.6 Å². The van der Waals surface area contributed by atoms with Crippen molar-refractivity contribution in [1.82, 2.24) is 9.88 Å². The molecule has 1 heterocycles. The summed E-state index contributed by atoms with van der Waals surface area (Å²) < 4.78 is 7.14. The number of benzene rings is 2. The Morgan fingerprint density at radius 1 is 1.07 bits per heavy atom. The second kappa shape index (κ2) is 8.54. The van der Waals surface area contributed by atoms with Crippen LogP contribution in [0.3, 0.4) is 0 Å². The minimum Gasteiger partial charge on any atom is -0.452 e. The highest BCUT2D eigenvalue weighted by molar-refractivity contribution is 6.04. The molecule has 0 aliphatic heterocycles. The van der Waals surface area contributed by atoms with Gasteiger partial charge in [0.2, 0.25) is 0 Å². The van der Waals surface area contributed by atoms with Gasteiger partial charge in [-0.3, -0.25) is 4.79 Å². The van der Waals surface area contributed by atoms with Gasteiger partial charge in [-0.05, 0) is 18.1 Å². The molecule has 3 rings (SSSR count). The topological polar surface area (TPSA) is 60.3 Å². The van der Waals surface area contributed by atoms with Gasteiger partial charge in [-0.15, -0.1) is 0 Å². The molecule has 3 aromatic rings. The number of hydrogen-bond acceptors (Lipinski definition) is 3. The SMILES string of the molecule is CCCC(NC(=O)COC(=O)c1cn(C)c2ccccc12)c1ccccc1. The molecule has 0 saturated heterocycles. The Bertz CT molecular complexity index is 931. The third kappa shape index (κ3) is 4.37. The number of hydrogen-bond donors (Lipinski definition) is 1. The van der Waals surface area contributed by atoms with Crippen molar-refractivity contribution < 1.29 is 14.3 Å². The molecule has 1 amide bonds. The lowest BCUT2D eigenvalue weighted by atomic mass is 10.0. The van der Waals surface area contributed by atoms with Gasteiger partial charge in [0.1, 0.15) is 0 Å². The van der Waals surface area contributed by atoms with E-state index in [4.69, 9.17) is 4.74 Å². The number of esters is 1. The summed E-state index contributed by atoms with van der Waals surface area (Å²) >= 11 is 0. The molecule has 0 radical (unpaired) electrons. The van der Waals surface area contributed by atoms with E-state index in [-0.39, 0.29) is 18.6 Å². The highest BCUT2D eigenvalue weighted by atomic mass is 16.5. The maximum Gasteiger partial charge on any atom is 0.340 e. The molecule has 1 aromatic heterocycles. The molecule has 2 aromatic carbocycles. The van der Waals surface area contributed by atoms with Crippen molar-refractivity contribution >= 4 is 22.8 Å². The summed E-state index contributed by atoms with van der Waals surface area (Å²) in [5.74, 6) is -0.792. The van der Waals surface area contributed by atoms with Gasteiger partial charge in [0.25, 0.3) is 5.91 Å². The Labute approximate surface area is 158 Å². The molecule has 0 spiro atoms. The minimum absolute atomic E-state index is 0.0834. The third-order valence-corrected chi connectivity index (χ3v) is 4.57. The number of carbonyl (C=O) groups excluding carboxylic acids is 2. The van der Waals surface area contributed by atoms with Crippen LogP contribution in [0.25, 0.3) is 10.9 Å². The molecule has 0 saturated carbocycles. The number of para-hydroxylation sites is 1. The quantitative estimate of drug-likeness (QED) is 0.645. The normalized spacial score (nSPS) is 11.9. The van der Waals surface area contributed by atoms with E-state index in [1.54, 1.807) is 6.20 Å². The van der Waals surface area contributed by atoms with Gasteiger partial charge in [-0.2, -0.15) is 0 Å². The number of nitrogens with one attached hydrogen (secondary N) is 1. The predicted molar refractivity (Wildman–Crippen MR) is 105 cm³/mol. The maximum absolute atomic E-state index is 12.4. The van der Waals surface area contributed by atoms with Crippen molar-refractivity contribution in [3.8, 4) is 0 Å². The number of aromatic nitrogens is 1. The highest BCUT2D eigenvalue weighted by Crippen LogP contribution is 2.21. The first-order chi connectivity index (χ1) is 13.1. The van der Waals surface area contributed by atoms with E-state index in [0.717, 1.165) is 29.3 Å². The van der Waals surface area contributed by atoms with E-state index in [1.807, 2.05) is 66.2 Å². The lowest BCUT2D eigenvalue weighted by Crippen LogP contribution is -2.32. The number of nitrogens with zero attached hydrogens (tertiary/aromatic N) is 1. The molecule has 140 valence electrons. The first kappa shape index (κ1) is 18.7. The van der Waals surface area contributed by atoms with Crippen LogP contribution in [0.5, 0.6) is 0 Å². The molecule has 1 N–H and O–H groups in total. The number of carbonyl (C=O) groups is 2. The van der Waals surface area contributed by atoms with Gasteiger partial charge in [-0.25, -0.2) is 4.79 Å². The highest BCUT2D eigenvalue weighted by Gasteiger charge is 2.18. The fourth-order valence-electron chi connectivity index (χ4n) is 3.25. The van der Waals surface area contributed by atoms with Crippen molar-refractivity contribution in [1.29, 1.82) is 0 Å². The van der Waals surface area contributed by atoms with Crippen molar-refractivity contribution in [2.45, 2.75) is 25.8 Å². The number of rotatable bonds is 7. The van der Waals surface area contributed by atoms with E-state index >= 15 is 0 Å². The summed E-state index contributed by atoms with van der Waals surface area (Å²) in [4.78, 5) is 24.8. The number of aryl methyl sites for hydroxylation is 1. The molecule has 1 atom stereocenters. The van der Waals surface area contributed by atoms with Crippen LogP contribution in [0.4, 0.5) is 0 Å². The van der Waals surface area contributed by atoms with Gasteiger partial charge in [0, 0.05) is 24.1 Å². The molecule has 5 heteroatoms. The van der Waals surface area contributed by atoms with Crippen molar-refractivity contribution in [3.63, 3.8) is 0 Å². The Kier molecular flexibility index (Phi) is 5.91. The molecule has 1 unspecified atom stereocenters. The molecule has 0 fully saturated rings. The van der Waals surface area contributed by atoms with E-state index in [1.165, 1.54) is 0 Å².